The third-order valence-electron chi connectivity index (χ3n) is 5.27. The minimum absolute atomic E-state index is 0.0550. The van der Waals surface area contributed by atoms with E-state index in [0.29, 0.717) is 44.4 Å². The van der Waals surface area contributed by atoms with Crippen LogP contribution in [0, 0.1) is 12.7 Å². The summed E-state index contributed by atoms with van der Waals surface area (Å²) in [5.74, 6) is 0.534. The fraction of sp³-hybridized carbons (Fsp3) is 0.526. The summed E-state index contributed by atoms with van der Waals surface area (Å²) >= 11 is 0. The van der Waals surface area contributed by atoms with Crippen molar-refractivity contribution < 1.29 is 17.6 Å². The van der Waals surface area contributed by atoms with Crippen LogP contribution in [0.25, 0.3) is 0 Å². The highest BCUT2D eigenvalue weighted by Crippen LogP contribution is 2.31. The highest BCUT2D eigenvalue weighted by atomic mass is 19.4. The van der Waals surface area contributed by atoms with Gasteiger partial charge in [0.15, 0.2) is 11.6 Å². The second-order valence-electron chi connectivity index (χ2n) is 7.36. The van der Waals surface area contributed by atoms with Gasteiger partial charge < -0.3 is 14.7 Å². The van der Waals surface area contributed by atoms with Crippen molar-refractivity contribution >= 4 is 17.6 Å². The number of pyridine rings is 1. The standard InChI is InChI=1S/C19H22F4N6/c1-13-10-16(27-4-2-3-5-27)26-18(25-13)29-8-6-28(7-9-29)17-15(20)11-14(12-24-17)19(21,22)23/h10-12H,2-9H2,1H3. The SMILES string of the molecule is Cc1cc(N2CCCC2)nc(N2CCN(c3ncc(C(F)(F)F)cc3F)CC2)n1. The first kappa shape index (κ1) is 19.7. The van der Waals surface area contributed by atoms with Gasteiger partial charge in [-0.2, -0.15) is 18.2 Å². The molecule has 2 saturated heterocycles. The molecule has 0 aliphatic carbocycles. The Morgan fingerprint density at radius 1 is 0.862 bits per heavy atom. The van der Waals surface area contributed by atoms with Gasteiger partial charge in [0.2, 0.25) is 5.95 Å². The number of alkyl halides is 3. The molecule has 29 heavy (non-hydrogen) atoms. The average molecular weight is 410 g/mol. The molecule has 0 atom stereocenters. The summed E-state index contributed by atoms with van der Waals surface area (Å²) in [5.41, 5.74) is -0.199. The Bertz CT molecular complexity index is 873. The van der Waals surface area contributed by atoms with Crippen molar-refractivity contribution in [2.24, 2.45) is 0 Å². The number of hydrogen-bond donors (Lipinski definition) is 0. The smallest absolute Gasteiger partial charge is 0.356 e. The van der Waals surface area contributed by atoms with E-state index in [1.807, 2.05) is 17.9 Å². The number of rotatable bonds is 3. The van der Waals surface area contributed by atoms with Gasteiger partial charge in [-0.25, -0.2) is 14.4 Å². The van der Waals surface area contributed by atoms with E-state index in [0.717, 1.165) is 37.4 Å². The predicted molar refractivity (Wildman–Crippen MR) is 102 cm³/mol. The maximum atomic E-state index is 14.2. The van der Waals surface area contributed by atoms with Gasteiger partial charge in [0.25, 0.3) is 0 Å². The Hall–Kier alpha value is -2.65. The van der Waals surface area contributed by atoms with Crippen LogP contribution < -0.4 is 14.7 Å². The van der Waals surface area contributed by atoms with Crippen LogP contribution in [0.1, 0.15) is 24.1 Å². The molecule has 4 rings (SSSR count). The lowest BCUT2D eigenvalue weighted by atomic mass is 10.2. The summed E-state index contributed by atoms with van der Waals surface area (Å²) in [5, 5.41) is 0. The molecule has 0 N–H and O–H groups in total. The Kier molecular flexibility index (Phi) is 5.18. The van der Waals surface area contributed by atoms with E-state index in [1.54, 1.807) is 4.90 Å². The molecular formula is C19H22F4N6. The van der Waals surface area contributed by atoms with Gasteiger partial charge in [0.05, 0.1) is 5.56 Å². The highest BCUT2D eigenvalue weighted by molar-refractivity contribution is 5.49. The second-order valence-corrected chi connectivity index (χ2v) is 7.36. The van der Waals surface area contributed by atoms with Crippen LogP contribution in [0.4, 0.5) is 35.1 Å². The summed E-state index contributed by atoms with van der Waals surface area (Å²) in [6.45, 7) is 5.82. The molecule has 0 unspecified atom stereocenters. The Morgan fingerprint density at radius 3 is 2.14 bits per heavy atom. The maximum absolute atomic E-state index is 14.2. The number of aromatic nitrogens is 3. The van der Waals surface area contributed by atoms with Gasteiger partial charge in [-0.05, 0) is 25.8 Å². The van der Waals surface area contributed by atoms with Crippen LogP contribution in [-0.4, -0.2) is 54.2 Å². The molecule has 2 aliphatic rings. The lowest BCUT2D eigenvalue weighted by Gasteiger charge is -2.36. The number of nitrogens with zero attached hydrogens (tertiary/aromatic N) is 6. The Balaban J connectivity index is 1.46. The number of halogens is 4. The van der Waals surface area contributed by atoms with Crippen LogP contribution in [0.3, 0.4) is 0 Å². The molecule has 0 saturated carbocycles. The molecule has 6 nitrogen and oxygen atoms in total. The van der Waals surface area contributed by atoms with Crippen molar-refractivity contribution in [3.8, 4) is 0 Å². The molecular weight excluding hydrogens is 388 g/mol. The minimum Gasteiger partial charge on any atom is -0.356 e. The van der Waals surface area contributed by atoms with Crippen LogP contribution in [0.5, 0.6) is 0 Å². The first-order chi connectivity index (χ1) is 13.8. The van der Waals surface area contributed by atoms with Gasteiger partial charge in [-0.1, -0.05) is 0 Å². The van der Waals surface area contributed by atoms with Gasteiger partial charge in [-0.15, -0.1) is 0 Å². The summed E-state index contributed by atoms with van der Waals surface area (Å²) < 4.78 is 52.4. The quantitative estimate of drug-likeness (QED) is 0.724. The molecule has 4 heterocycles. The number of aryl methyl sites for hydroxylation is 1. The number of hydrogen-bond acceptors (Lipinski definition) is 6. The zero-order chi connectivity index (χ0) is 20.6. The molecule has 2 aromatic heterocycles. The summed E-state index contributed by atoms with van der Waals surface area (Å²) in [6.07, 6.45) is -1.62. The summed E-state index contributed by atoms with van der Waals surface area (Å²) in [4.78, 5) is 18.9. The topological polar surface area (TPSA) is 48.4 Å². The zero-order valence-electron chi connectivity index (χ0n) is 16.1. The third kappa shape index (κ3) is 4.20. The van der Waals surface area contributed by atoms with E-state index >= 15 is 0 Å². The molecule has 0 amide bonds. The van der Waals surface area contributed by atoms with E-state index in [-0.39, 0.29) is 5.82 Å². The normalized spacial score (nSPS) is 17.9. The van der Waals surface area contributed by atoms with Gasteiger partial charge >= 0.3 is 6.18 Å². The highest BCUT2D eigenvalue weighted by Gasteiger charge is 2.33. The van der Waals surface area contributed by atoms with Crippen LogP contribution in [0.15, 0.2) is 18.3 Å². The fourth-order valence-electron chi connectivity index (χ4n) is 3.72. The largest absolute Gasteiger partial charge is 0.417 e. The van der Waals surface area contributed by atoms with E-state index in [9.17, 15) is 17.6 Å². The number of piperazine rings is 1. The number of anilines is 3. The molecule has 0 aromatic carbocycles. The third-order valence-corrected chi connectivity index (χ3v) is 5.27. The van der Waals surface area contributed by atoms with Crippen molar-refractivity contribution in [3.05, 3.63) is 35.4 Å². The fourth-order valence-corrected chi connectivity index (χ4v) is 3.72. The molecule has 2 aromatic rings. The second kappa shape index (κ2) is 7.64. The minimum atomic E-state index is -4.61. The first-order valence-electron chi connectivity index (χ1n) is 9.64. The molecule has 156 valence electrons. The van der Waals surface area contributed by atoms with E-state index in [4.69, 9.17) is 4.98 Å². The van der Waals surface area contributed by atoms with Crippen LogP contribution in [-0.2, 0) is 6.18 Å². The van der Waals surface area contributed by atoms with Gasteiger partial charge in [-0.3, -0.25) is 0 Å². The van der Waals surface area contributed by atoms with Gasteiger partial charge in [0.1, 0.15) is 5.82 Å². The summed E-state index contributed by atoms with van der Waals surface area (Å²) in [7, 11) is 0. The van der Waals surface area contributed by atoms with Crippen LogP contribution >= 0.6 is 0 Å². The Morgan fingerprint density at radius 2 is 1.52 bits per heavy atom. The summed E-state index contributed by atoms with van der Waals surface area (Å²) in [6, 6.07) is 2.48. The van der Waals surface area contributed by atoms with E-state index in [1.165, 1.54) is 0 Å². The molecule has 0 bridgehead atoms. The zero-order valence-corrected chi connectivity index (χ0v) is 16.1. The van der Waals surface area contributed by atoms with Gasteiger partial charge in [0, 0.05) is 57.2 Å². The van der Waals surface area contributed by atoms with E-state index < -0.39 is 17.6 Å². The molecule has 2 fully saturated rings. The van der Waals surface area contributed by atoms with Crippen molar-refractivity contribution in [1.29, 1.82) is 0 Å². The lowest BCUT2D eigenvalue weighted by Crippen LogP contribution is -2.47. The monoisotopic (exact) mass is 410 g/mol. The molecule has 10 heteroatoms. The first-order valence-corrected chi connectivity index (χ1v) is 9.64. The average Bonchev–Trinajstić information content (AvgIpc) is 3.22. The van der Waals surface area contributed by atoms with Crippen molar-refractivity contribution in [1.82, 2.24) is 15.0 Å². The Labute approximate surface area is 166 Å². The lowest BCUT2D eigenvalue weighted by molar-refractivity contribution is -0.138. The van der Waals surface area contributed by atoms with Crippen molar-refractivity contribution in [2.45, 2.75) is 25.9 Å². The predicted octanol–water partition coefficient (Wildman–Crippen LogP) is 3.26. The maximum Gasteiger partial charge on any atom is 0.417 e. The van der Waals surface area contributed by atoms with Crippen molar-refractivity contribution in [2.75, 3.05) is 54.0 Å². The van der Waals surface area contributed by atoms with E-state index in [2.05, 4.69) is 14.9 Å². The van der Waals surface area contributed by atoms with Crippen LogP contribution in [0.2, 0.25) is 0 Å². The molecule has 0 radical (unpaired) electrons. The molecule has 2 aliphatic heterocycles. The molecule has 0 spiro atoms. The van der Waals surface area contributed by atoms with Crippen molar-refractivity contribution in [3.63, 3.8) is 0 Å².